The first-order valence-corrected chi connectivity index (χ1v) is 9.76. The number of Topliss-reactive ketones (excluding diaryl/α,β-unsaturated/α-hetero) is 1. The van der Waals surface area contributed by atoms with Gasteiger partial charge in [-0.05, 0) is 49.6 Å². The maximum Gasteiger partial charge on any atom is 0.159 e. The van der Waals surface area contributed by atoms with Crippen molar-refractivity contribution in [2.24, 2.45) is 5.92 Å². The van der Waals surface area contributed by atoms with Gasteiger partial charge in [0.2, 0.25) is 0 Å². The quantitative estimate of drug-likeness (QED) is 0.603. The normalized spacial score (nSPS) is 13.3. The van der Waals surface area contributed by atoms with Crippen LogP contribution in [0.15, 0.2) is 54.9 Å². The highest BCUT2D eigenvalue weighted by Crippen LogP contribution is 2.36. The topological polar surface area (TPSA) is 50.2 Å². The van der Waals surface area contributed by atoms with Gasteiger partial charge in [-0.2, -0.15) is 0 Å². The summed E-state index contributed by atoms with van der Waals surface area (Å²) in [6.07, 6.45) is 1.07. The van der Waals surface area contributed by atoms with Gasteiger partial charge in [0.15, 0.2) is 5.78 Å². The zero-order valence-corrected chi connectivity index (χ0v) is 16.7. The second kappa shape index (κ2) is 7.15. The molecule has 4 rings (SSSR count). The molecular weight excluding hydrogens is 348 g/mol. The van der Waals surface area contributed by atoms with Gasteiger partial charge in [-0.25, -0.2) is 4.98 Å². The zero-order valence-electron chi connectivity index (χ0n) is 16.7. The Bertz CT molecular complexity index is 1060. The van der Waals surface area contributed by atoms with E-state index in [1.165, 1.54) is 0 Å². The molecular formula is C23H26N4O. The minimum Gasteiger partial charge on any atom is -0.340 e. The molecule has 2 heterocycles. The Labute approximate surface area is 165 Å². The first kappa shape index (κ1) is 18.3. The van der Waals surface area contributed by atoms with Gasteiger partial charge < -0.3 is 14.8 Å². The molecule has 1 aromatic heterocycles. The molecule has 1 aliphatic heterocycles. The molecule has 0 radical (unpaired) electrons. The summed E-state index contributed by atoms with van der Waals surface area (Å²) in [6.45, 7) is 11.8. The molecule has 0 fully saturated rings. The molecule has 1 N–H and O–H groups in total. The Morgan fingerprint density at radius 1 is 1.21 bits per heavy atom. The van der Waals surface area contributed by atoms with Crippen LogP contribution in [0.4, 0.5) is 11.4 Å². The van der Waals surface area contributed by atoms with Crippen LogP contribution >= 0.6 is 0 Å². The number of anilines is 2. The van der Waals surface area contributed by atoms with Gasteiger partial charge >= 0.3 is 0 Å². The number of imidazole rings is 1. The average molecular weight is 374 g/mol. The number of nitrogens with zero attached hydrogens (tertiary/aromatic N) is 3. The van der Waals surface area contributed by atoms with Gasteiger partial charge in [0.05, 0.1) is 29.0 Å². The maximum absolute atomic E-state index is 11.8. The van der Waals surface area contributed by atoms with Crippen LogP contribution in [-0.4, -0.2) is 15.3 Å². The lowest BCUT2D eigenvalue weighted by Crippen LogP contribution is -2.22. The third-order valence-electron chi connectivity index (χ3n) is 5.26. The summed E-state index contributed by atoms with van der Waals surface area (Å²) in [5, 5.41) is 3.34. The van der Waals surface area contributed by atoms with Crippen LogP contribution < -0.4 is 10.2 Å². The first-order chi connectivity index (χ1) is 13.4. The van der Waals surface area contributed by atoms with Crippen molar-refractivity contribution < 1.29 is 4.79 Å². The Hall–Kier alpha value is -3.08. The smallest absolute Gasteiger partial charge is 0.159 e. The second-order valence-electron chi connectivity index (χ2n) is 7.80. The largest absolute Gasteiger partial charge is 0.340 e. The van der Waals surface area contributed by atoms with E-state index >= 15 is 0 Å². The van der Waals surface area contributed by atoms with E-state index < -0.39 is 0 Å². The number of fused-ring (bicyclic) bond motifs is 2. The predicted octanol–water partition coefficient (Wildman–Crippen LogP) is 5.19. The number of hydrogen-bond acceptors (Lipinski definition) is 4. The molecule has 2 aromatic carbocycles. The van der Waals surface area contributed by atoms with Crippen molar-refractivity contribution in [1.82, 2.24) is 9.55 Å². The van der Waals surface area contributed by atoms with Crippen molar-refractivity contribution in [1.29, 1.82) is 0 Å². The molecule has 0 bridgehead atoms. The first-order valence-electron chi connectivity index (χ1n) is 9.76. The number of benzene rings is 2. The van der Waals surface area contributed by atoms with E-state index in [1.54, 1.807) is 6.92 Å². The van der Waals surface area contributed by atoms with Gasteiger partial charge in [0.25, 0.3) is 0 Å². The Morgan fingerprint density at radius 2 is 2.00 bits per heavy atom. The number of para-hydroxylation sites is 2. The van der Waals surface area contributed by atoms with Crippen LogP contribution in [-0.2, 0) is 13.1 Å². The maximum atomic E-state index is 11.8. The second-order valence-corrected chi connectivity index (χ2v) is 7.80. The summed E-state index contributed by atoms with van der Waals surface area (Å²) >= 11 is 0. The molecule has 5 nitrogen and oxygen atoms in total. The van der Waals surface area contributed by atoms with Crippen LogP contribution in [0, 0.1) is 5.92 Å². The Morgan fingerprint density at radius 3 is 2.75 bits per heavy atom. The van der Waals surface area contributed by atoms with Crippen molar-refractivity contribution in [2.75, 3.05) is 10.2 Å². The van der Waals surface area contributed by atoms with Gasteiger partial charge in [-0.3, -0.25) is 4.79 Å². The zero-order chi connectivity index (χ0) is 19.8. The molecule has 0 spiro atoms. The van der Waals surface area contributed by atoms with Gasteiger partial charge in [0, 0.05) is 12.1 Å². The number of aromatic nitrogens is 2. The van der Waals surface area contributed by atoms with Crippen molar-refractivity contribution in [3.8, 4) is 0 Å². The summed E-state index contributed by atoms with van der Waals surface area (Å²) in [5.41, 5.74) is 4.82. The van der Waals surface area contributed by atoms with E-state index in [1.807, 2.05) is 30.3 Å². The molecule has 28 heavy (non-hydrogen) atoms. The molecule has 144 valence electrons. The van der Waals surface area contributed by atoms with E-state index in [0.29, 0.717) is 18.0 Å². The van der Waals surface area contributed by atoms with Gasteiger partial charge in [-0.1, -0.05) is 32.6 Å². The number of hydrogen-bond donors (Lipinski definition) is 1. The Balaban J connectivity index is 1.75. The van der Waals surface area contributed by atoms with Crippen molar-refractivity contribution in [3.63, 3.8) is 0 Å². The summed E-state index contributed by atoms with van der Waals surface area (Å²) in [4.78, 5) is 18.9. The summed E-state index contributed by atoms with van der Waals surface area (Å²) in [5.74, 6) is 2.50. The van der Waals surface area contributed by atoms with Crippen LogP contribution in [0.1, 0.15) is 43.4 Å². The lowest BCUT2D eigenvalue weighted by Gasteiger charge is -2.20. The third-order valence-corrected chi connectivity index (χ3v) is 5.26. The van der Waals surface area contributed by atoms with Gasteiger partial charge in [-0.15, -0.1) is 0 Å². The Kier molecular flexibility index (Phi) is 4.67. The minimum atomic E-state index is 0.0613. The van der Waals surface area contributed by atoms with Crippen LogP contribution in [0.25, 0.3) is 11.0 Å². The minimum absolute atomic E-state index is 0.0613. The fourth-order valence-electron chi connectivity index (χ4n) is 3.66. The van der Waals surface area contributed by atoms with Crippen molar-refractivity contribution in [2.45, 2.75) is 40.3 Å². The van der Waals surface area contributed by atoms with E-state index in [4.69, 9.17) is 4.98 Å². The number of ketones is 1. The highest BCUT2D eigenvalue weighted by molar-refractivity contribution is 5.97. The molecule has 0 amide bonds. The number of rotatable bonds is 6. The number of carbonyl (C=O) groups is 1. The SMILES string of the molecule is C=C1Nc2ccccc2N1Cc1nc2cc(C(C)=O)ccc2n1CCC(C)C. The fourth-order valence-corrected chi connectivity index (χ4v) is 3.66. The highest BCUT2D eigenvalue weighted by Gasteiger charge is 2.24. The van der Waals surface area contributed by atoms with Crippen molar-refractivity contribution in [3.05, 3.63) is 66.3 Å². The van der Waals surface area contributed by atoms with Crippen LogP contribution in [0.5, 0.6) is 0 Å². The summed E-state index contributed by atoms with van der Waals surface area (Å²) in [7, 11) is 0. The molecule has 3 aromatic rings. The fraction of sp³-hybridized carbons (Fsp3) is 0.304. The molecule has 0 saturated heterocycles. The molecule has 0 saturated carbocycles. The number of aryl methyl sites for hydroxylation is 1. The molecule has 1 aliphatic rings. The highest BCUT2D eigenvalue weighted by atomic mass is 16.1. The van der Waals surface area contributed by atoms with Gasteiger partial charge in [0.1, 0.15) is 11.6 Å². The molecule has 5 heteroatoms. The van der Waals surface area contributed by atoms with Crippen molar-refractivity contribution >= 4 is 28.2 Å². The lowest BCUT2D eigenvalue weighted by molar-refractivity contribution is 0.101. The molecule has 0 atom stereocenters. The standard InChI is InChI=1S/C23H26N4O/c1-15(2)11-12-26-22-10-9-18(16(3)28)13-20(22)25-23(26)14-27-17(4)24-19-7-5-6-8-21(19)27/h5-10,13,15,24H,4,11-12,14H2,1-3H3. The van der Waals surface area contributed by atoms with E-state index in [2.05, 4.69) is 47.3 Å². The summed E-state index contributed by atoms with van der Waals surface area (Å²) in [6, 6.07) is 14.0. The van der Waals surface area contributed by atoms with E-state index in [-0.39, 0.29) is 5.78 Å². The molecule has 0 unspecified atom stereocenters. The van der Waals surface area contributed by atoms with E-state index in [0.717, 1.165) is 47.0 Å². The lowest BCUT2D eigenvalue weighted by atomic mass is 10.1. The third kappa shape index (κ3) is 3.28. The molecule has 0 aliphatic carbocycles. The number of carbonyl (C=O) groups excluding carboxylic acids is 1. The average Bonchev–Trinajstić information content (AvgIpc) is 3.16. The van der Waals surface area contributed by atoms with Crippen LogP contribution in [0.3, 0.4) is 0 Å². The monoisotopic (exact) mass is 374 g/mol. The van der Waals surface area contributed by atoms with E-state index in [9.17, 15) is 4.79 Å². The summed E-state index contributed by atoms with van der Waals surface area (Å²) < 4.78 is 2.29. The number of nitrogens with one attached hydrogen (secondary N) is 1. The van der Waals surface area contributed by atoms with Crippen LogP contribution in [0.2, 0.25) is 0 Å². The predicted molar refractivity (Wildman–Crippen MR) is 115 cm³/mol.